The van der Waals surface area contributed by atoms with Gasteiger partial charge in [0.1, 0.15) is 12.3 Å². The smallest absolute Gasteiger partial charge is 0.271 e. The van der Waals surface area contributed by atoms with Crippen LogP contribution in [0.25, 0.3) is 11.0 Å². The van der Waals surface area contributed by atoms with Gasteiger partial charge in [0.25, 0.3) is 5.69 Å². The third-order valence-corrected chi connectivity index (χ3v) is 4.75. The Bertz CT molecular complexity index is 1240. The quantitative estimate of drug-likeness (QED) is 0.347. The summed E-state index contributed by atoms with van der Waals surface area (Å²) in [6.45, 7) is 1.87. The fourth-order valence-electron chi connectivity index (χ4n) is 3.37. The van der Waals surface area contributed by atoms with Gasteiger partial charge in [0.15, 0.2) is 11.9 Å². The van der Waals surface area contributed by atoms with E-state index in [9.17, 15) is 14.9 Å². The van der Waals surface area contributed by atoms with Crippen LogP contribution in [0.2, 0.25) is 0 Å². The molecular weight excluding hydrogens is 396 g/mol. The number of fused-ring (bicyclic) bond motifs is 1. The number of carbonyl (C=O) groups excluding carboxylic acids is 1. The van der Waals surface area contributed by atoms with Gasteiger partial charge in [-0.15, -0.1) is 0 Å². The Hall–Kier alpha value is -4.20. The molecule has 1 atom stereocenters. The Morgan fingerprint density at radius 1 is 1.10 bits per heavy atom. The first kappa shape index (κ1) is 20.1. The zero-order valence-electron chi connectivity index (χ0n) is 16.8. The van der Waals surface area contributed by atoms with E-state index in [-0.39, 0.29) is 18.1 Å². The maximum Gasteiger partial charge on any atom is 0.271 e. The normalized spacial score (nSPS) is 11.8. The lowest BCUT2D eigenvalue weighted by Gasteiger charge is -2.16. The molecule has 8 heteroatoms. The zero-order chi connectivity index (χ0) is 21.8. The summed E-state index contributed by atoms with van der Waals surface area (Å²) in [5, 5.41) is 13.7. The lowest BCUT2D eigenvalue weighted by atomic mass is 10.2. The maximum atomic E-state index is 12.8. The van der Waals surface area contributed by atoms with Crippen LogP contribution in [0.3, 0.4) is 0 Å². The minimum Gasteiger partial charge on any atom is -0.483 e. The lowest BCUT2D eigenvalue weighted by Crippen LogP contribution is -2.22. The second-order valence-electron chi connectivity index (χ2n) is 6.97. The second kappa shape index (κ2) is 8.66. The van der Waals surface area contributed by atoms with Crippen molar-refractivity contribution in [3.63, 3.8) is 0 Å². The van der Waals surface area contributed by atoms with Gasteiger partial charge in [-0.25, -0.2) is 4.98 Å². The molecule has 0 aliphatic rings. The molecule has 8 nitrogen and oxygen atoms in total. The van der Waals surface area contributed by atoms with Gasteiger partial charge in [-0.1, -0.05) is 36.4 Å². The minimum atomic E-state index is -0.500. The number of benzene rings is 3. The number of hydrogen-bond acceptors (Lipinski definition) is 5. The van der Waals surface area contributed by atoms with Gasteiger partial charge in [0, 0.05) is 17.8 Å². The molecule has 0 fully saturated rings. The van der Waals surface area contributed by atoms with Gasteiger partial charge < -0.3 is 14.6 Å². The zero-order valence-corrected chi connectivity index (χ0v) is 16.8. The standard InChI is InChI=1S/C23H20N4O4/c1-16(31-19-10-3-2-4-11-19)23-25-20-12-5-6-13-21(20)26(23)15-22(28)24-17-8-7-9-18(14-17)27(29)30/h2-14,16H,15H2,1H3,(H,24,28). The number of imidazole rings is 1. The first-order valence-electron chi connectivity index (χ1n) is 9.72. The highest BCUT2D eigenvalue weighted by Crippen LogP contribution is 2.25. The summed E-state index contributed by atoms with van der Waals surface area (Å²) in [7, 11) is 0. The van der Waals surface area contributed by atoms with E-state index in [0.29, 0.717) is 17.3 Å². The van der Waals surface area contributed by atoms with Crippen LogP contribution in [0, 0.1) is 10.1 Å². The highest BCUT2D eigenvalue weighted by molar-refractivity contribution is 5.92. The van der Waals surface area contributed by atoms with E-state index in [1.54, 1.807) is 10.6 Å². The third-order valence-electron chi connectivity index (χ3n) is 4.75. The number of nitrogens with zero attached hydrogens (tertiary/aromatic N) is 3. The number of nitro benzene ring substituents is 1. The molecule has 31 heavy (non-hydrogen) atoms. The van der Waals surface area contributed by atoms with E-state index in [1.165, 1.54) is 18.2 Å². The first-order chi connectivity index (χ1) is 15.0. The Morgan fingerprint density at radius 2 is 1.84 bits per heavy atom. The van der Waals surface area contributed by atoms with Crippen molar-refractivity contribution < 1.29 is 14.5 Å². The highest BCUT2D eigenvalue weighted by atomic mass is 16.6. The number of nitrogens with one attached hydrogen (secondary N) is 1. The van der Waals surface area contributed by atoms with Gasteiger partial charge in [0.2, 0.25) is 5.91 Å². The van der Waals surface area contributed by atoms with Gasteiger partial charge in [-0.2, -0.15) is 0 Å². The fraction of sp³-hybridized carbons (Fsp3) is 0.130. The van der Waals surface area contributed by atoms with Crippen LogP contribution in [0.5, 0.6) is 5.75 Å². The summed E-state index contributed by atoms with van der Waals surface area (Å²) >= 11 is 0. The van der Waals surface area contributed by atoms with Gasteiger partial charge in [0.05, 0.1) is 16.0 Å². The monoisotopic (exact) mass is 416 g/mol. The number of aromatic nitrogens is 2. The van der Waals surface area contributed by atoms with Crippen molar-refractivity contribution in [1.82, 2.24) is 9.55 Å². The van der Waals surface area contributed by atoms with Crippen LogP contribution in [-0.2, 0) is 11.3 Å². The van der Waals surface area contributed by atoms with Crippen LogP contribution < -0.4 is 10.1 Å². The number of ether oxygens (including phenoxy) is 1. The molecule has 0 aliphatic carbocycles. The molecule has 1 aromatic heterocycles. The van der Waals surface area contributed by atoms with Gasteiger partial charge in [-0.05, 0) is 37.3 Å². The molecule has 0 spiro atoms. The summed E-state index contributed by atoms with van der Waals surface area (Å²) in [6.07, 6.45) is -0.402. The SMILES string of the molecule is CC(Oc1ccccc1)c1nc2ccccc2n1CC(=O)Nc1cccc([N+](=O)[O-])c1. The van der Waals surface area contributed by atoms with E-state index in [4.69, 9.17) is 4.74 Å². The van der Waals surface area contributed by atoms with Gasteiger partial charge >= 0.3 is 0 Å². The van der Waals surface area contributed by atoms with Crippen LogP contribution in [0.4, 0.5) is 11.4 Å². The largest absolute Gasteiger partial charge is 0.483 e. The predicted octanol–water partition coefficient (Wildman–Crippen LogP) is 4.72. The third kappa shape index (κ3) is 4.53. The molecule has 0 aliphatic heterocycles. The minimum absolute atomic E-state index is 0.0129. The summed E-state index contributed by atoms with van der Waals surface area (Å²) in [6, 6.07) is 22.8. The van der Waals surface area contributed by atoms with Crippen molar-refractivity contribution >= 4 is 28.3 Å². The first-order valence-corrected chi connectivity index (χ1v) is 9.72. The van der Waals surface area contributed by atoms with E-state index >= 15 is 0 Å². The molecule has 1 amide bonds. The molecule has 1 unspecified atom stereocenters. The average molecular weight is 416 g/mol. The predicted molar refractivity (Wildman–Crippen MR) is 117 cm³/mol. The molecular formula is C23H20N4O4. The van der Waals surface area contributed by atoms with E-state index in [1.807, 2.05) is 61.5 Å². The van der Waals surface area contributed by atoms with Crippen molar-refractivity contribution in [1.29, 1.82) is 0 Å². The van der Waals surface area contributed by atoms with E-state index < -0.39 is 11.0 Å². The van der Waals surface area contributed by atoms with Crippen LogP contribution >= 0.6 is 0 Å². The fourth-order valence-corrected chi connectivity index (χ4v) is 3.37. The number of para-hydroxylation sites is 3. The molecule has 0 saturated heterocycles. The lowest BCUT2D eigenvalue weighted by molar-refractivity contribution is -0.384. The van der Waals surface area contributed by atoms with Crippen molar-refractivity contribution in [2.75, 3.05) is 5.32 Å². The van der Waals surface area contributed by atoms with Crippen molar-refractivity contribution in [3.8, 4) is 5.75 Å². The Labute approximate surface area is 178 Å². The molecule has 1 heterocycles. The Morgan fingerprint density at radius 3 is 2.61 bits per heavy atom. The summed E-state index contributed by atoms with van der Waals surface area (Å²) in [5.74, 6) is 0.991. The van der Waals surface area contributed by atoms with E-state index in [2.05, 4.69) is 10.3 Å². The molecule has 4 rings (SSSR count). The Balaban J connectivity index is 1.60. The molecule has 1 N–H and O–H groups in total. The molecule has 3 aromatic carbocycles. The van der Waals surface area contributed by atoms with Crippen molar-refractivity contribution in [3.05, 3.63) is 94.8 Å². The molecule has 0 radical (unpaired) electrons. The Kier molecular flexibility index (Phi) is 5.61. The number of nitro groups is 1. The summed E-state index contributed by atoms with van der Waals surface area (Å²) < 4.78 is 7.82. The molecule has 0 saturated carbocycles. The van der Waals surface area contributed by atoms with Crippen LogP contribution in [0.15, 0.2) is 78.9 Å². The average Bonchev–Trinajstić information content (AvgIpc) is 3.13. The number of carbonyl (C=O) groups is 1. The maximum absolute atomic E-state index is 12.8. The second-order valence-corrected chi connectivity index (χ2v) is 6.97. The summed E-state index contributed by atoms with van der Waals surface area (Å²) in [5.41, 5.74) is 1.83. The number of hydrogen-bond donors (Lipinski definition) is 1. The van der Waals surface area contributed by atoms with Crippen LogP contribution in [0.1, 0.15) is 18.9 Å². The topological polar surface area (TPSA) is 99.3 Å². The van der Waals surface area contributed by atoms with Crippen molar-refractivity contribution in [2.45, 2.75) is 19.6 Å². The number of anilines is 1. The number of amides is 1. The van der Waals surface area contributed by atoms with E-state index in [0.717, 1.165) is 11.0 Å². The van der Waals surface area contributed by atoms with Crippen molar-refractivity contribution in [2.24, 2.45) is 0 Å². The van der Waals surface area contributed by atoms with Crippen LogP contribution in [-0.4, -0.2) is 20.4 Å². The van der Waals surface area contributed by atoms with Gasteiger partial charge in [-0.3, -0.25) is 14.9 Å². The highest BCUT2D eigenvalue weighted by Gasteiger charge is 2.20. The molecule has 4 aromatic rings. The number of non-ortho nitro benzene ring substituents is 1. The summed E-state index contributed by atoms with van der Waals surface area (Å²) in [4.78, 5) is 27.9. The molecule has 0 bridgehead atoms. The number of rotatable bonds is 7. The molecule has 156 valence electrons.